The molecule has 7 nitrogen and oxygen atoms in total. The van der Waals surface area contributed by atoms with Gasteiger partial charge in [-0.3, -0.25) is 9.59 Å². The lowest BCUT2D eigenvalue weighted by Gasteiger charge is -2.31. The zero-order valence-corrected chi connectivity index (χ0v) is 24.7. The summed E-state index contributed by atoms with van der Waals surface area (Å²) in [4.78, 5) is 40.3. The molecular formula is C32H34FN5O2S. The normalized spacial score (nSPS) is 11.6. The van der Waals surface area contributed by atoms with E-state index in [0.29, 0.717) is 22.0 Å². The highest BCUT2D eigenvalue weighted by atomic mass is 32.2. The van der Waals surface area contributed by atoms with Crippen LogP contribution >= 0.6 is 11.8 Å². The summed E-state index contributed by atoms with van der Waals surface area (Å²) in [7, 11) is 3.89. The number of hydrogen-bond acceptors (Lipinski definition) is 6. The predicted octanol–water partition coefficient (Wildman–Crippen LogP) is 6.11. The highest BCUT2D eigenvalue weighted by Crippen LogP contribution is 2.28. The van der Waals surface area contributed by atoms with Crippen LogP contribution in [0.25, 0.3) is 0 Å². The van der Waals surface area contributed by atoms with Crippen LogP contribution in [0.4, 0.5) is 15.8 Å². The van der Waals surface area contributed by atoms with Crippen molar-refractivity contribution in [3.05, 3.63) is 113 Å². The lowest BCUT2D eigenvalue weighted by molar-refractivity contribution is -0.137. The lowest BCUT2D eigenvalue weighted by atomic mass is 10.0. The summed E-state index contributed by atoms with van der Waals surface area (Å²) in [5.74, 6) is -0.972. The van der Waals surface area contributed by atoms with Gasteiger partial charge in [-0.2, -0.15) is 0 Å². The van der Waals surface area contributed by atoms with E-state index in [1.807, 2.05) is 94.4 Å². The molecule has 0 fully saturated rings. The minimum absolute atomic E-state index is 0.0251. The maximum Gasteiger partial charge on any atom is 0.251 e. The van der Waals surface area contributed by atoms with E-state index in [2.05, 4.69) is 15.3 Å². The summed E-state index contributed by atoms with van der Waals surface area (Å²) in [6.45, 7) is 5.83. The first-order valence-corrected chi connectivity index (χ1v) is 14.2. The number of carbonyl (C=O) groups is 2. The summed E-state index contributed by atoms with van der Waals surface area (Å²) < 4.78 is 13.7. The van der Waals surface area contributed by atoms with Crippen LogP contribution in [-0.2, 0) is 16.1 Å². The second-order valence-corrected chi connectivity index (χ2v) is 11.1. The average molecular weight is 572 g/mol. The molecule has 41 heavy (non-hydrogen) atoms. The molecule has 0 bridgehead atoms. The van der Waals surface area contributed by atoms with Gasteiger partial charge in [-0.15, -0.1) is 0 Å². The van der Waals surface area contributed by atoms with Crippen molar-refractivity contribution in [3.63, 3.8) is 0 Å². The van der Waals surface area contributed by atoms with E-state index >= 15 is 0 Å². The molecule has 4 rings (SSSR count). The first-order valence-electron chi connectivity index (χ1n) is 13.2. The van der Waals surface area contributed by atoms with E-state index in [-0.39, 0.29) is 29.9 Å². The molecule has 1 N–H and O–H groups in total. The fraction of sp³-hybridized carbons (Fsp3) is 0.250. The Hall–Kier alpha value is -4.24. The Morgan fingerprint density at radius 3 is 2.07 bits per heavy atom. The second-order valence-electron chi connectivity index (χ2n) is 10.1. The Morgan fingerprint density at radius 2 is 1.49 bits per heavy atom. The predicted molar refractivity (Wildman–Crippen MR) is 162 cm³/mol. The second kappa shape index (κ2) is 13.4. The fourth-order valence-corrected chi connectivity index (χ4v) is 5.19. The molecule has 1 heterocycles. The standard InChI is InChI=1S/C32H34FN5O2S/c1-21-6-10-25(11-7-21)30(31(40)36-27-14-16-28(17-15-27)37(4)5)38(19-24-8-12-26(33)13-9-24)29(39)20-41-32-34-22(2)18-23(3)35-32/h6-18,30H,19-20H2,1-5H3,(H,36,40). The van der Waals surface area contributed by atoms with Gasteiger partial charge in [0, 0.05) is 43.4 Å². The van der Waals surface area contributed by atoms with Crippen molar-refractivity contribution in [2.24, 2.45) is 0 Å². The smallest absolute Gasteiger partial charge is 0.251 e. The molecule has 0 saturated carbocycles. The van der Waals surface area contributed by atoms with Crippen molar-refractivity contribution in [3.8, 4) is 0 Å². The Labute approximate surface area is 244 Å². The number of halogens is 1. The van der Waals surface area contributed by atoms with Crippen LogP contribution in [-0.4, -0.2) is 46.5 Å². The number of anilines is 2. The number of nitrogens with one attached hydrogen (secondary N) is 1. The number of rotatable bonds is 10. The topological polar surface area (TPSA) is 78.4 Å². The Balaban J connectivity index is 1.69. The number of nitrogens with zero attached hydrogens (tertiary/aromatic N) is 4. The third-order valence-corrected chi connectivity index (χ3v) is 7.31. The van der Waals surface area contributed by atoms with Gasteiger partial charge in [0.15, 0.2) is 5.16 Å². The minimum Gasteiger partial charge on any atom is -0.378 e. The van der Waals surface area contributed by atoms with E-state index in [1.165, 1.54) is 28.8 Å². The summed E-state index contributed by atoms with van der Waals surface area (Å²) in [6, 6.07) is 21.9. The molecule has 1 atom stereocenters. The van der Waals surface area contributed by atoms with Gasteiger partial charge in [0.25, 0.3) is 5.91 Å². The Bertz CT molecular complexity index is 1470. The van der Waals surface area contributed by atoms with Gasteiger partial charge >= 0.3 is 0 Å². The third-order valence-electron chi connectivity index (χ3n) is 6.48. The Kier molecular flexibility index (Phi) is 9.73. The Morgan fingerprint density at radius 1 is 0.878 bits per heavy atom. The van der Waals surface area contributed by atoms with Crippen LogP contribution in [0.1, 0.15) is 34.1 Å². The fourth-order valence-electron chi connectivity index (χ4n) is 4.35. The molecule has 4 aromatic rings. The van der Waals surface area contributed by atoms with Gasteiger partial charge in [0.05, 0.1) is 5.75 Å². The zero-order chi connectivity index (χ0) is 29.5. The van der Waals surface area contributed by atoms with Crippen LogP contribution in [0.15, 0.2) is 84.0 Å². The van der Waals surface area contributed by atoms with E-state index in [0.717, 1.165) is 22.6 Å². The number of hydrogen-bond donors (Lipinski definition) is 1. The van der Waals surface area contributed by atoms with Crippen molar-refractivity contribution < 1.29 is 14.0 Å². The van der Waals surface area contributed by atoms with Crippen molar-refractivity contribution >= 4 is 35.0 Å². The molecule has 0 aliphatic heterocycles. The van der Waals surface area contributed by atoms with E-state index in [9.17, 15) is 14.0 Å². The summed E-state index contributed by atoms with van der Waals surface area (Å²) in [5.41, 5.74) is 5.64. The molecule has 2 amide bonds. The van der Waals surface area contributed by atoms with Crippen molar-refractivity contribution in [1.82, 2.24) is 14.9 Å². The molecule has 212 valence electrons. The molecule has 3 aromatic carbocycles. The van der Waals surface area contributed by atoms with Gasteiger partial charge in [-0.25, -0.2) is 14.4 Å². The molecule has 0 radical (unpaired) electrons. The van der Waals surface area contributed by atoms with Gasteiger partial charge in [-0.1, -0.05) is 53.7 Å². The summed E-state index contributed by atoms with van der Waals surface area (Å²) in [6.07, 6.45) is 0. The highest BCUT2D eigenvalue weighted by Gasteiger charge is 2.32. The first kappa shape index (κ1) is 29.7. The van der Waals surface area contributed by atoms with E-state index in [1.54, 1.807) is 12.1 Å². The number of thioether (sulfide) groups is 1. The molecule has 9 heteroatoms. The van der Waals surface area contributed by atoms with E-state index < -0.39 is 6.04 Å². The number of amides is 2. The van der Waals surface area contributed by atoms with Crippen LogP contribution in [0.5, 0.6) is 0 Å². The van der Waals surface area contributed by atoms with Gasteiger partial charge in [-0.05, 0) is 74.4 Å². The van der Waals surface area contributed by atoms with Gasteiger partial charge in [0.1, 0.15) is 11.9 Å². The molecule has 0 aliphatic carbocycles. The summed E-state index contributed by atoms with van der Waals surface area (Å²) in [5, 5.41) is 3.49. The maximum absolute atomic E-state index is 14.0. The zero-order valence-electron chi connectivity index (χ0n) is 23.9. The molecular weight excluding hydrogens is 537 g/mol. The average Bonchev–Trinajstić information content (AvgIpc) is 2.93. The number of aryl methyl sites for hydroxylation is 3. The van der Waals surface area contributed by atoms with Crippen LogP contribution < -0.4 is 10.2 Å². The summed E-state index contributed by atoms with van der Waals surface area (Å²) >= 11 is 1.22. The molecule has 1 unspecified atom stereocenters. The monoisotopic (exact) mass is 571 g/mol. The molecule has 0 aliphatic rings. The third kappa shape index (κ3) is 8.14. The number of benzene rings is 3. The molecule has 0 saturated heterocycles. The number of aromatic nitrogens is 2. The minimum atomic E-state index is -0.942. The van der Waals surface area contributed by atoms with Crippen molar-refractivity contribution in [1.29, 1.82) is 0 Å². The molecule has 1 aromatic heterocycles. The van der Waals surface area contributed by atoms with Crippen molar-refractivity contribution in [2.45, 2.75) is 38.5 Å². The molecule has 0 spiro atoms. The highest BCUT2D eigenvalue weighted by molar-refractivity contribution is 7.99. The lowest BCUT2D eigenvalue weighted by Crippen LogP contribution is -2.41. The SMILES string of the molecule is Cc1ccc(C(C(=O)Nc2ccc(N(C)C)cc2)N(Cc2ccc(F)cc2)C(=O)CSc2nc(C)cc(C)n2)cc1. The van der Waals surface area contributed by atoms with E-state index in [4.69, 9.17) is 0 Å². The first-order chi connectivity index (χ1) is 19.6. The van der Waals surface area contributed by atoms with Crippen molar-refractivity contribution in [2.75, 3.05) is 30.1 Å². The van der Waals surface area contributed by atoms with Gasteiger partial charge < -0.3 is 15.1 Å². The number of carbonyl (C=O) groups excluding carboxylic acids is 2. The van der Waals surface area contributed by atoms with Crippen LogP contribution in [0.2, 0.25) is 0 Å². The largest absolute Gasteiger partial charge is 0.378 e. The maximum atomic E-state index is 14.0. The van der Waals surface area contributed by atoms with Gasteiger partial charge in [0.2, 0.25) is 5.91 Å². The van der Waals surface area contributed by atoms with Crippen LogP contribution in [0.3, 0.4) is 0 Å². The quantitative estimate of drug-likeness (QED) is 0.183. The van der Waals surface area contributed by atoms with Crippen LogP contribution in [0, 0.1) is 26.6 Å².